The summed E-state index contributed by atoms with van der Waals surface area (Å²) in [6.07, 6.45) is 22.7. The van der Waals surface area contributed by atoms with E-state index in [9.17, 15) is 4.79 Å². The summed E-state index contributed by atoms with van der Waals surface area (Å²) in [5.41, 5.74) is 0. The highest BCUT2D eigenvalue weighted by Gasteiger charge is 2.46. The molecule has 26 heavy (non-hydrogen) atoms. The number of hydrogen-bond donors (Lipinski definition) is 0. The van der Waals surface area contributed by atoms with E-state index >= 15 is 0 Å². The zero-order valence-corrected chi connectivity index (χ0v) is 17.9. The molecule has 0 unspecified atom stereocenters. The Morgan fingerprint density at radius 3 is 1.77 bits per heavy atom. The standard InChI is InChI=1S/C23H41O2S/c1-2-3-14-23(24)25-19-15-17-22(18-16-19)26(20-10-6-4-7-11-20)21-12-8-5-9-13-21/h19-22H,2-18H2,1H3/q+1. The molecule has 0 spiro atoms. The number of carbonyl (C=O) groups is 1. The molecule has 2 nitrogen and oxygen atoms in total. The highest BCUT2D eigenvalue weighted by Crippen LogP contribution is 2.40. The molecular formula is C23H41O2S+. The van der Waals surface area contributed by atoms with Gasteiger partial charge in [0.1, 0.15) is 21.9 Å². The zero-order chi connectivity index (χ0) is 18.2. The molecule has 0 atom stereocenters. The van der Waals surface area contributed by atoms with Gasteiger partial charge in [-0.25, -0.2) is 0 Å². The molecule has 0 heterocycles. The van der Waals surface area contributed by atoms with Crippen LogP contribution in [0.3, 0.4) is 0 Å². The van der Waals surface area contributed by atoms with E-state index in [1.807, 2.05) is 0 Å². The van der Waals surface area contributed by atoms with Crippen molar-refractivity contribution >= 4 is 16.9 Å². The Hall–Kier alpha value is -0.180. The van der Waals surface area contributed by atoms with Crippen molar-refractivity contribution in [3.63, 3.8) is 0 Å². The maximum atomic E-state index is 12.0. The summed E-state index contributed by atoms with van der Waals surface area (Å²) >= 11 is 0. The first-order chi connectivity index (χ1) is 12.8. The van der Waals surface area contributed by atoms with Crippen LogP contribution in [-0.2, 0) is 20.4 Å². The van der Waals surface area contributed by atoms with E-state index < -0.39 is 0 Å². The van der Waals surface area contributed by atoms with Gasteiger partial charge in [0, 0.05) is 6.42 Å². The van der Waals surface area contributed by atoms with E-state index in [0.717, 1.165) is 41.4 Å². The molecule has 0 bridgehead atoms. The Labute approximate surface area is 164 Å². The molecule has 150 valence electrons. The smallest absolute Gasteiger partial charge is 0.306 e. The third-order valence-corrected chi connectivity index (χ3v) is 10.6. The fourth-order valence-corrected chi connectivity index (χ4v) is 9.68. The molecular weight excluding hydrogens is 340 g/mol. The van der Waals surface area contributed by atoms with Crippen molar-refractivity contribution in [2.24, 2.45) is 0 Å². The van der Waals surface area contributed by atoms with Crippen molar-refractivity contribution in [3.8, 4) is 0 Å². The summed E-state index contributed by atoms with van der Waals surface area (Å²) in [5.74, 6) is 0.0499. The van der Waals surface area contributed by atoms with Crippen LogP contribution < -0.4 is 0 Å². The van der Waals surface area contributed by atoms with Crippen molar-refractivity contribution in [1.82, 2.24) is 0 Å². The second-order valence-electron chi connectivity index (χ2n) is 8.92. The first kappa shape index (κ1) is 20.6. The fourth-order valence-electron chi connectivity index (χ4n) is 5.48. The van der Waals surface area contributed by atoms with Crippen LogP contribution in [0.25, 0.3) is 0 Å². The highest BCUT2D eigenvalue weighted by molar-refractivity contribution is 7.98. The Balaban J connectivity index is 1.53. The topological polar surface area (TPSA) is 26.3 Å². The first-order valence-corrected chi connectivity index (χ1v) is 13.1. The van der Waals surface area contributed by atoms with Gasteiger partial charge in [-0.05, 0) is 94.4 Å². The minimum atomic E-state index is 0.0499. The minimum absolute atomic E-state index is 0.0499. The molecule has 3 saturated carbocycles. The van der Waals surface area contributed by atoms with Crippen LogP contribution in [0.15, 0.2) is 0 Å². The van der Waals surface area contributed by atoms with Crippen LogP contribution in [0.4, 0.5) is 0 Å². The van der Waals surface area contributed by atoms with Crippen molar-refractivity contribution < 1.29 is 9.53 Å². The normalized spacial score (nSPS) is 29.0. The number of carbonyl (C=O) groups excluding carboxylic acids is 1. The molecule has 0 saturated heterocycles. The molecule has 0 radical (unpaired) electrons. The van der Waals surface area contributed by atoms with E-state index in [2.05, 4.69) is 6.92 Å². The van der Waals surface area contributed by atoms with Crippen LogP contribution in [0, 0.1) is 0 Å². The zero-order valence-electron chi connectivity index (χ0n) is 17.1. The fraction of sp³-hybridized carbons (Fsp3) is 0.957. The van der Waals surface area contributed by atoms with E-state index in [-0.39, 0.29) is 12.1 Å². The maximum Gasteiger partial charge on any atom is 0.306 e. The van der Waals surface area contributed by atoms with Gasteiger partial charge in [0.25, 0.3) is 0 Å². The van der Waals surface area contributed by atoms with E-state index in [0.29, 0.717) is 17.3 Å². The average molecular weight is 382 g/mol. The largest absolute Gasteiger partial charge is 0.462 e. The molecule has 0 aromatic rings. The second kappa shape index (κ2) is 11.0. The van der Waals surface area contributed by atoms with Gasteiger partial charge in [-0.2, -0.15) is 0 Å². The summed E-state index contributed by atoms with van der Waals surface area (Å²) in [6.45, 7) is 2.13. The second-order valence-corrected chi connectivity index (χ2v) is 11.7. The first-order valence-electron chi connectivity index (χ1n) is 11.7. The third-order valence-electron chi connectivity index (χ3n) is 6.91. The Kier molecular flexibility index (Phi) is 8.68. The van der Waals surface area contributed by atoms with Gasteiger partial charge in [0.15, 0.2) is 0 Å². The predicted octanol–water partition coefficient (Wildman–Crippen LogP) is 6.31. The summed E-state index contributed by atoms with van der Waals surface area (Å²) in [4.78, 5) is 12.0. The van der Waals surface area contributed by atoms with Crippen LogP contribution >= 0.6 is 0 Å². The van der Waals surface area contributed by atoms with Crippen LogP contribution in [-0.4, -0.2) is 27.8 Å². The molecule has 3 aliphatic rings. The lowest BCUT2D eigenvalue weighted by Gasteiger charge is -2.37. The predicted molar refractivity (Wildman–Crippen MR) is 113 cm³/mol. The molecule has 3 aliphatic carbocycles. The molecule has 0 aromatic carbocycles. The van der Waals surface area contributed by atoms with Gasteiger partial charge in [-0.3, -0.25) is 4.79 Å². The summed E-state index contributed by atoms with van der Waals surface area (Å²) in [6, 6.07) is 0. The number of esters is 1. The lowest BCUT2D eigenvalue weighted by molar-refractivity contribution is -0.150. The van der Waals surface area contributed by atoms with Gasteiger partial charge in [0.05, 0.1) is 0 Å². The molecule has 3 fully saturated rings. The van der Waals surface area contributed by atoms with Gasteiger partial charge in [-0.15, -0.1) is 0 Å². The minimum Gasteiger partial charge on any atom is -0.462 e. The van der Waals surface area contributed by atoms with Gasteiger partial charge in [-0.1, -0.05) is 26.2 Å². The number of unbranched alkanes of at least 4 members (excludes halogenated alkanes) is 1. The van der Waals surface area contributed by atoms with Crippen LogP contribution in [0.1, 0.15) is 116 Å². The summed E-state index contributed by atoms with van der Waals surface area (Å²) < 4.78 is 5.78. The maximum absolute atomic E-state index is 12.0. The molecule has 0 N–H and O–H groups in total. The van der Waals surface area contributed by atoms with E-state index in [4.69, 9.17) is 4.74 Å². The number of rotatable bonds is 7. The number of hydrogen-bond acceptors (Lipinski definition) is 2. The Morgan fingerprint density at radius 1 is 0.769 bits per heavy atom. The third kappa shape index (κ3) is 5.91. The van der Waals surface area contributed by atoms with E-state index in [1.165, 1.54) is 77.0 Å². The summed E-state index contributed by atoms with van der Waals surface area (Å²) in [5, 5.41) is 2.99. The van der Waals surface area contributed by atoms with Crippen molar-refractivity contribution in [3.05, 3.63) is 0 Å². The quantitative estimate of drug-likeness (QED) is 0.381. The average Bonchev–Trinajstić information content (AvgIpc) is 2.70. The van der Waals surface area contributed by atoms with Crippen molar-refractivity contribution in [2.45, 2.75) is 138 Å². The van der Waals surface area contributed by atoms with Gasteiger partial charge >= 0.3 is 5.97 Å². The lowest BCUT2D eigenvalue weighted by Crippen LogP contribution is -2.44. The van der Waals surface area contributed by atoms with Crippen LogP contribution in [0.5, 0.6) is 0 Å². The highest BCUT2D eigenvalue weighted by atomic mass is 32.2. The van der Waals surface area contributed by atoms with Gasteiger partial charge in [0.2, 0.25) is 0 Å². The van der Waals surface area contributed by atoms with Crippen molar-refractivity contribution in [2.75, 3.05) is 0 Å². The van der Waals surface area contributed by atoms with E-state index in [1.54, 1.807) is 0 Å². The molecule has 0 aromatic heterocycles. The van der Waals surface area contributed by atoms with Gasteiger partial charge < -0.3 is 4.74 Å². The summed E-state index contributed by atoms with van der Waals surface area (Å²) in [7, 11) is 0.643. The Morgan fingerprint density at radius 2 is 1.27 bits per heavy atom. The SMILES string of the molecule is CCCCC(=O)OC1CCC([S+](C2CCCCC2)C2CCCCC2)CC1. The van der Waals surface area contributed by atoms with Crippen LogP contribution in [0.2, 0.25) is 0 Å². The molecule has 3 heteroatoms. The molecule has 0 aliphatic heterocycles. The van der Waals surface area contributed by atoms with Crippen molar-refractivity contribution in [1.29, 1.82) is 0 Å². The monoisotopic (exact) mass is 381 g/mol. The lowest BCUT2D eigenvalue weighted by atomic mass is 9.97. The molecule has 0 amide bonds. The number of ether oxygens (including phenoxy) is 1. The Bertz CT molecular complexity index is 386. The molecule has 3 rings (SSSR count).